The van der Waals surface area contributed by atoms with Gasteiger partial charge >= 0.3 is 0 Å². The number of rotatable bonds is 2. The Kier molecular flexibility index (Phi) is 3.65. The van der Waals surface area contributed by atoms with Crippen molar-refractivity contribution in [1.29, 1.82) is 0 Å². The molecule has 2 aliphatic carbocycles. The molecule has 0 radical (unpaired) electrons. The van der Waals surface area contributed by atoms with Crippen LogP contribution < -0.4 is 15.2 Å². The monoisotopic (exact) mass is 393 g/mol. The minimum Gasteiger partial charge on any atom is -0.493 e. The number of nitrogens with two attached hydrogens (primary N) is 1. The molecular formula is C18H20BrNO4. The maximum absolute atomic E-state index is 11.9. The minimum atomic E-state index is -0.511. The number of ether oxygens (including phenoxy) is 2. The van der Waals surface area contributed by atoms with E-state index < -0.39 is 6.10 Å². The molecule has 5 nitrogen and oxygen atoms in total. The smallest absolute Gasteiger partial charge is 0.220 e. The van der Waals surface area contributed by atoms with Crippen LogP contribution in [0.2, 0.25) is 0 Å². The molecule has 0 bridgehead atoms. The van der Waals surface area contributed by atoms with E-state index in [0.29, 0.717) is 25.0 Å². The van der Waals surface area contributed by atoms with Gasteiger partial charge in [-0.05, 0) is 30.9 Å². The van der Waals surface area contributed by atoms with Crippen LogP contribution in [0.15, 0.2) is 22.7 Å². The maximum atomic E-state index is 11.9. The number of primary amides is 1. The average molecular weight is 394 g/mol. The fourth-order valence-electron chi connectivity index (χ4n) is 4.42. The van der Waals surface area contributed by atoms with E-state index in [2.05, 4.69) is 22.0 Å². The lowest BCUT2D eigenvalue weighted by Crippen LogP contribution is -2.42. The van der Waals surface area contributed by atoms with Crippen molar-refractivity contribution in [2.45, 2.75) is 43.3 Å². The van der Waals surface area contributed by atoms with Crippen LogP contribution in [0.1, 0.15) is 30.4 Å². The normalized spacial score (nSPS) is 33.2. The highest BCUT2D eigenvalue weighted by Crippen LogP contribution is 2.58. The standard InChI is InChI=1S/C18H20BrNO4/c1-23-13-8-12(19)11-6-9(17(20)22)2-4-18-5-3-10(21)7-14(18)24-16(13)15(11)18/h3,5,8-10,14,21H,2,4,6-7H2,1H3,(H2,20,22)/t9-,10+,14+,18-/m1/s1. The van der Waals surface area contributed by atoms with Gasteiger partial charge in [0.15, 0.2) is 11.5 Å². The second-order valence-corrected chi connectivity index (χ2v) is 7.75. The topological polar surface area (TPSA) is 81.8 Å². The van der Waals surface area contributed by atoms with Gasteiger partial charge in [0.25, 0.3) is 0 Å². The summed E-state index contributed by atoms with van der Waals surface area (Å²) in [6, 6.07) is 1.89. The Morgan fingerprint density at radius 2 is 2.33 bits per heavy atom. The highest BCUT2D eigenvalue weighted by molar-refractivity contribution is 9.10. The van der Waals surface area contributed by atoms with Gasteiger partial charge in [-0.2, -0.15) is 0 Å². The van der Waals surface area contributed by atoms with Crippen molar-refractivity contribution in [3.05, 3.63) is 33.8 Å². The maximum Gasteiger partial charge on any atom is 0.220 e. The van der Waals surface area contributed by atoms with Crippen molar-refractivity contribution < 1.29 is 19.4 Å². The van der Waals surface area contributed by atoms with Gasteiger partial charge < -0.3 is 20.3 Å². The van der Waals surface area contributed by atoms with E-state index in [4.69, 9.17) is 15.2 Å². The van der Waals surface area contributed by atoms with E-state index in [9.17, 15) is 9.90 Å². The summed E-state index contributed by atoms with van der Waals surface area (Å²) in [4.78, 5) is 11.9. The van der Waals surface area contributed by atoms with Crippen LogP contribution in [0.3, 0.4) is 0 Å². The number of aliphatic hydroxyl groups is 1. The van der Waals surface area contributed by atoms with Crippen molar-refractivity contribution in [3.8, 4) is 11.5 Å². The molecule has 6 heteroatoms. The lowest BCUT2D eigenvalue weighted by atomic mass is 9.69. The van der Waals surface area contributed by atoms with E-state index in [1.165, 1.54) is 0 Å². The highest BCUT2D eigenvalue weighted by atomic mass is 79.9. The zero-order chi connectivity index (χ0) is 17.1. The molecule has 0 fully saturated rings. The first kappa shape index (κ1) is 16.0. The fraction of sp³-hybridized carbons (Fsp3) is 0.500. The molecule has 0 unspecified atom stereocenters. The van der Waals surface area contributed by atoms with E-state index in [-0.39, 0.29) is 23.3 Å². The van der Waals surface area contributed by atoms with Gasteiger partial charge in [-0.25, -0.2) is 0 Å². The number of methoxy groups -OCH3 is 1. The van der Waals surface area contributed by atoms with Gasteiger partial charge in [-0.15, -0.1) is 0 Å². The second kappa shape index (κ2) is 5.49. The molecule has 4 rings (SSSR count). The SMILES string of the molecule is COc1cc(Br)c2c3c1O[C@H]1C[C@@H](O)C=C[C@@]31CC[C@@H](C(N)=O)C2. The number of carbonyl (C=O) groups excluding carboxylic acids is 1. The Bertz CT molecular complexity index is 747. The molecule has 1 heterocycles. The first-order valence-corrected chi connectivity index (χ1v) is 8.99. The molecule has 1 spiro atoms. The molecular weight excluding hydrogens is 374 g/mol. The Balaban J connectivity index is 1.97. The number of aliphatic hydroxyl groups excluding tert-OH is 1. The quantitative estimate of drug-likeness (QED) is 0.754. The highest BCUT2D eigenvalue weighted by Gasteiger charge is 2.53. The summed E-state index contributed by atoms with van der Waals surface area (Å²) in [5.74, 6) is 0.958. The molecule has 0 aromatic heterocycles. The number of hydrogen-bond donors (Lipinski definition) is 2. The lowest BCUT2D eigenvalue weighted by molar-refractivity contribution is -0.122. The summed E-state index contributed by atoms with van der Waals surface area (Å²) < 4.78 is 12.7. The van der Waals surface area contributed by atoms with Gasteiger partial charge in [-0.1, -0.05) is 28.1 Å². The average Bonchev–Trinajstić information content (AvgIpc) is 2.76. The van der Waals surface area contributed by atoms with E-state index >= 15 is 0 Å². The molecule has 3 N–H and O–H groups in total. The Morgan fingerprint density at radius 3 is 3.04 bits per heavy atom. The summed E-state index contributed by atoms with van der Waals surface area (Å²) in [6.07, 6.45) is 5.85. The predicted octanol–water partition coefficient (Wildman–Crippen LogP) is 2.22. The number of amides is 1. The van der Waals surface area contributed by atoms with Crippen molar-refractivity contribution >= 4 is 21.8 Å². The van der Waals surface area contributed by atoms with Gasteiger partial charge in [0.2, 0.25) is 5.91 Å². The summed E-state index contributed by atoms with van der Waals surface area (Å²) in [5.41, 5.74) is 7.45. The number of halogens is 1. The zero-order valence-electron chi connectivity index (χ0n) is 13.4. The summed E-state index contributed by atoms with van der Waals surface area (Å²) in [7, 11) is 1.62. The van der Waals surface area contributed by atoms with Gasteiger partial charge in [0, 0.05) is 22.4 Å². The van der Waals surface area contributed by atoms with E-state index in [0.717, 1.165) is 27.8 Å². The predicted molar refractivity (Wildman–Crippen MR) is 92.2 cm³/mol. The molecule has 1 aromatic carbocycles. The van der Waals surface area contributed by atoms with Crippen molar-refractivity contribution in [3.63, 3.8) is 0 Å². The third kappa shape index (κ3) is 2.12. The Labute approximate surface area is 148 Å². The summed E-state index contributed by atoms with van der Waals surface area (Å²) in [5, 5.41) is 10.0. The molecule has 0 saturated heterocycles. The summed E-state index contributed by atoms with van der Waals surface area (Å²) in [6.45, 7) is 0. The van der Waals surface area contributed by atoms with Crippen LogP contribution in [0.25, 0.3) is 0 Å². The van der Waals surface area contributed by atoms with Gasteiger partial charge in [-0.3, -0.25) is 4.79 Å². The van der Waals surface area contributed by atoms with Crippen LogP contribution in [0.4, 0.5) is 0 Å². The fourth-order valence-corrected chi connectivity index (χ4v) is 4.99. The lowest BCUT2D eigenvalue weighted by Gasteiger charge is -2.35. The van der Waals surface area contributed by atoms with Crippen LogP contribution >= 0.6 is 15.9 Å². The zero-order valence-corrected chi connectivity index (χ0v) is 15.0. The van der Waals surface area contributed by atoms with Crippen molar-refractivity contribution in [2.75, 3.05) is 7.11 Å². The van der Waals surface area contributed by atoms with E-state index in [1.54, 1.807) is 7.11 Å². The van der Waals surface area contributed by atoms with Crippen LogP contribution in [-0.4, -0.2) is 30.3 Å². The third-order valence-electron chi connectivity index (χ3n) is 5.65. The first-order valence-electron chi connectivity index (χ1n) is 8.19. The van der Waals surface area contributed by atoms with Crippen molar-refractivity contribution in [2.24, 2.45) is 11.7 Å². The van der Waals surface area contributed by atoms with Crippen LogP contribution in [0, 0.1) is 5.92 Å². The Morgan fingerprint density at radius 1 is 1.54 bits per heavy atom. The first-order chi connectivity index (χ1) is 11.5. The van der Waals surface area contributed by atoms with Gasteiger partial charge in [0.1, 0.15) is 6.10 Å². The molecule has 1 amide bonds. The second-order valence-electron chi connectivity index (χ2n) is 6.89. The Hall–Kier alpha value is -1.53. The van der Waals surface area contributed by atoms with Crippen LogP contribution in [-0.2, 0) is 16.6 Å². The number of benzene rings is 1. The van der Waals surface area contributed by atoms with E-state index in [1.807, 2.05) is 12.1 Å². The molecule has 0 saturated carbocycles. The van der Waals surface area contributed by atoms with Crippen molar-refractivity contribution in [1.82, 2.24) is 0 Å². The molecule has 1 aliphatic heterocycles. The number of carbonyl (C=O) groups is 1. The number of hydrogen-bond acceptors (Lipinski definition) is 4. The molecule has 4 atom stereocenters. The van der Waals surface area contributed by atoms with Gasteiger partial charge in [0.05, 0.1) is 18.6 Å². The summed E-state index contributed by atoms with van der Waals surface area (Å²) >= 11 is 3.64. The minimum absolute atomic E-state index is 0.152. The molecule has 128 valence electrons. The third-order valence-corrected chi connectivity index (χ3v) is 6.36. The molecule has 1 aromatic rings. The molecule has 24 heavy (non-hydrogen) atoms. The molecule has 3 aliphatic rings. The van der Waals surface area contributed by atoms with Crippen LogP contribution in [0.5, 0.6) is 11.5 Å². The largest absolute Gasteiger partial charge is 0.493 e.